The number of benzene rings is 1. The van der Waals surface area contributed by atoms with Gasteiger partial charge in [0.2, 0.25) is 10.0 Å². The molecule has 1 fully saturated rings. The Labute approximate surface area is 135 Å². The third kappa shape index (κ3) is 4.52. The molecule has 1 aliphatic rings. The highest BCUT2D eigenvalue weighted by Gasteiger charge is 2.39. The van der Waals surface area contributed by atoms with Crippen LogP contribution in [-0.4, -0.2) is 21.0 Å². The van der Waals surface area contributed by atoms with Gasteiger partial charge in [0, 0.05) is 17.1 Å². The van der Waals surface area contributed by atoms with Gasteiger partial charge >= 0.3 is 0 Å². The van der Waals surface area contributed by atoms with Crippen molar-refractivity contribution in [1.82, 2.24) is 10.0 Å². The predicted molar refractivity (Wildman–Crippen MR) is 88.6 cm³/mol. The van der Waals surface area contributed by atoms with E-state index in [-0.39, 0.29) is 6.04 Å². The van der Waals surface area contributed by atoms with E-state index < -0.39 is 10.0 Å². The molecule has 0 aliphatic heterocycles. The van der Waals surface area contributed by atoms with Crippen molar-refractivity contribution >= 4 is 26.0 Å². The summed E-state index contributed by atoms with van der Waals surface area (Å²) in [5, 5.41) is 3.23. The first kappa shape index (κ1) is 16.9. The van der Waals surface area contributed by atoms with Crippen LogP contribution in [0.25, 0.3) is 0 Å². The van der Waals surface area contributed by atoms with Crippen molar-refractivity contribution in [3.63, 3.8) is 0 Å². The lowest BCUT2D eigenvalue weighted by Crippen LogP contribution is -2.27. The summed E-state index contributed by atoms with van der Waals surface area (Å²) in [6.45, 7) is 5.80. The van der Waals surface area contributed by atoms with E-state index in [1.165, 1.54) is 0 Å². The second-order valence-corrected chi connectivity index (χ2v) is 8.09. The Morgan fingerprint density at radius 1 is 1.33 bits per heavy atom. The zero-order valence-electron chi connectivity index (χ0n) is 12.5. The van der Waals surface area contributed by atoms with Gasteiger partial charge in [-0.25, -0.2) is 13.1 Å². The third-order valence-corrected chi connectivity index (χ3v) is 6.22. The molecule has 0 amide bonds. The molecule has 1 aromatic rings. The number of rotatable bonds is 8. The van der Waals surface area contributed by atoms with E-state index in [1.54, 1.807) is 6.07 Å². The second kappa shape index (κ2) is 7.22. The number of nitrogens with one attached hydrogen (secondary N) is 2. The zero-order chi connectivity index (χ0) is 15.5. The Morgan fingerprint density at radius 3 is 2.71 bits per heavy atom. The smallest absolute Gasteiger partial charge is 0.241 e. The van der Waals surface area contributed by atoms with Crippen molar-refractivity contribution in [2.75, 3.05) is 6.54 Å². The Hall–Kier alpha value is -0.430. The van der Waals surface area contributed by atoms with Crippen LogP contribution in [0, 0.1) is 5.92 Å². The van der Waals surface area contributed by atoms with Crippen LogP contribution in [0.15, 0.2) is 27.6 Å². The van der Waals surface area contributed by atoms with Gasteiger partial charge in [-0.15, -0.1) is 0 Å². The lowest BCUT2D eigenvalue weighted by atomic mass is 10.2. The minimum Gasteiger partial charge on any atom is -0.313 e. The highest BCUT2D eigenvalue weighted by atomic mass is 79.9. The van der Waals surface area contributed by atoms with Crippen molar-refractivity contribution in [2.24, 2.45) is 5.92 Å². The first-order valence-corrected chi connectivity index (χ1v) is 9.77. The van der Waals surface area contributed by atoms with E-state index in [0.717, 1.165) is 37.9 Å². The van der Waals surface area contributed by atoms with Crippen LogP contribution in [0.4, 0.5) is 0 Å². The molecule has 1 saturated carbocycles. The normalized spacial score (nSPS) is 21.5. The van der Waals surface area contributed by atoms with E-state index in [0.29, 0.717) is 15.3 Å². The molecule has 2 atom stereocenters. The van der Waals surface area contributed by atoms with Crippen molar-refractivity contribution in [3.05, 3.63) is 28.2 Å². The summed E-state index contributed by atoms with van der Waals surface area (Å²) >= 11 is 3.38. The average Bonchev–Trinajstić information content (AvgIpc) is 3.13. The molecule has 2 rings (SSSR count). The van der Waals surface area contributed by atoms with Crippen LogP contribution in [0.1, 0.15) is 38.7 Å². The molecule has 2 unspecified atom stereocenters. The summed E-state index contributed by atoms with van der Waals surface area (Å²) in [6, 6.07) is 5.52. The SMILES string of the molecule is CCCC1CC1NS(=O)(=O)c1ccc(CNCC)cc1Br. The van der Waals surface area contributed by atoms with Crippen molar-refractivity contribution in [2.45, 2.75) is 50.6 Å². The minimum atomic E-state index is -3.43. The van der Waals surface area contributed by atoms with Gasteiger partial charge in [0.1, 0.15) is 0 Å². The third-order valence-electron chi connectivity index (χ3n) is 3.75. The van der Waals surface area contributed by atoms with E-state index in [2.05, 4.69) is 32.9 Å². The maximum atomic E-state index is 12.4. The van der Waals surface area contributed by atoms with Gasteiger partial charge in [-0.3, -0.25) is 0 Å². The van der Waals surface area contributed by atoms with Crippen LogP contribution in [0.3, 0.4) is 0 Å². The fourth-order valence-corrected chi connectivity index (χ4v) is 4.93. The predicted octanol–water partition coefficient (Wildman–Crippen LogP) is 3.03. The maximum Gasteiger partial charge on any atom is 0.241 e. The standard InChI is InChI=1S/C15H23BrN2O2S/c1-3-5-12-9-14(12)18-21(19,20)15-7-6-11(8-13(15)16)10-17-4-2/h6-8,12,14,17-18H,3-5,9-10H2,1-2H3. The van der Waals surface area contributed by atoms with E-state index >= 15 is 0 Å². The first-order chi connectivity index (χ1) is 9.97. The van der Waals surface area contributed by atoms with Crippen LogP contribution >= 0.6 is 15.9 Å². The summed E-state index contributed by atoms with van der Waals surface area (Å²) in [5.74, 6) is 0.511. The van der Waals surface area contributed by atoms with E-state index in [4.69, 9.17) is 0 Å². The average molecular weight is 375 g/mol. The van der Waals surface area contributed by atoms with Crippen LogP contribution < -0.4 is 10.0 Å². The fourth-order valence-electron chi connectivity index (χ4n) is 2.49. The second-order valence-electron chi connectivity index (χ2n) is 5.56. The van der Waals surface area contributed by atoms with Gasteiger partial charge in [-0.2, -0.15) is 0 Å². The van der Waals surface area contributed by atoms with Crippen molar-refractivity contribution in [3.8, 4) is 0 Å². The van der Waals surface area contributed by atoms with Gasteiger partial charge < -0.3 is 5.32 Å². The fraction of sp³-hybridized carbons (Fsp3) is 0.600. The van der Waals surface area contributed by atoms with Gasteiger partial charge in [0.05, 0.1) is 4.90 Å². The molecular formula is C15H23BrN2O2S. The lowest BCUT2D eigenvalue weighted by molar-refractivity contribution is 0.572. The maximum absolute atomic E-state index is 12.4. The lowest BCUT2D eigenvalue weighted by Gasteiger charge is -2.10. The Morgan fingerprint density at radius 2 is 2.10 bits per heavy atom. The molecule has 1 aromatic carbocycles. The summed E-state index contributed by atoms with van der Waals surface area (Å²) in [5.41, 5.74) is 1.07. The van der Waals surface area contributed by atoms with Crippen LogP contribution in [0.5, 0.6) is 0 Å². The molecule has 0 spiro atoms. The monoisotopic (exact) mass is 374 g/mol. The highest BCUT2D eigenvalue weighted by molar-refractivity contribution is 9.10. The Bertz CT molecular complexity index is 589. The molecular weight excluding hydrogens is 352 g/mol. The van der Waals surface area contributed by atoms with E-state index in [9.17, 15) is 8.42 Å². The molecule has 0 aromatic heterocycles. The summed E-state index contributed by atoms with van der Waals surface area (Å²) in [7, 11) is -3.43. The van der Waals surface area contributed by atoms with Gasteiger partial charge in [-0.05, 0) is 58.9 Å². The van der Waals surface area contributed by atoms with Crippen LogP contribution in [-0.2, 0) is 16.6 Å². The topological polar surface area (TPSA) is 58.2 Å². The summed E-state index contributed by atoms with van der Waals surface area (Å²) < 4.78 is 28.3. The number of sulfonamides is 1. The summed E-state index contributed by atoms with van der Waals surface area (Å²) in [6.07, 6.45) is 3.16. The molecule has 6 heteroatoms. The molecule has 0 bridgehead atoms. The molecule has 0 heterocycles. The summed E-state index contributed by atoms with van der Waals surface area (Å²) in [4.78, 5) is 0.324. The Balaban J connectivity index is 2.06. The van der Waals surface area contributed by atoms with Gasteiger partial charge in [0.15, 0.2) is 0 Å². The molecule has 0 saturated heterocycles. The van der Waals surface area contributed by atoms with Crippen molar-refractivity contribution in [1.29, 1.82) is 0 Å². The first-order valence-electron chi connectivity index (χ1n) is 7.49. The number of hydrogen-bond donors (Lipinski definition) is 2. The van der Waals surface area contributed by atoms with Gasteiger partial charge in [-0.1, -0.05) is 26.3 Å². The number of halogens is 1. The van der Waals surface area contributed by atoms with Crippen LogP contribution in [0.2, 0.25) is 0 Å². The molecule has 2 N–H and O–H groups in total. The highest BCUT2D eigenvalue weighted by Crippen LogP contribution is 2.36. The number of hydrogen-bond acceptors (Lipinski definition) is 3. The molecule has 21 heavy (non-hydrogen) atoms. The van der Waals surface area contributed by atoms with Crippen molar-refractivity contribution < 1.29 is 8.42 Å². The Kier molecular flexibility index (Phi) is 5.82. The molecule has 1 aliphatic carbocycles. The molecule has 0 radical (unpaired) electrons. The molecule has 4 nitrogen and oxygen atoms in total. The minimum absolute atomic E-state index is 0.114. The quantitative estimate of drug-likeness (QED) is 0.734. The molecule has 118 valence electrons. The van der Waals surface area contributed by atoms with E-state index in [1.807, 2.05) is 19.1 Å². The zero-order valence-corrected chi connectivity index (χ0v) is 14.9. The largest absolute Gasteiger partial charge is 0.313 e. The van der Waals surface area contributed by atoms with Gasteiger partial charge in [0.25, 0.3) is 0 Å².